The number of amides is 4. The Hall–Kier alpha value is -5.84. The van der Waals surface area contributed by atoms with Crippen molar-refractivity contribution in [2.24, 2.45) is 5.73 Å². The maximum Gasteiger partial charge on any atom is 0.339 e. The molecule has 4 amide bonds. The van der Waals surface area contributed by atoms with Gasteiger partial charge >= 0.3 is 18.0 Å². The number of anilines is 2. The number of nitrogens with two attached hydrogens (primary N) is 1. The Balaban J connectivity index is 0.000000214. The molecular weight excluding hydrogens is 728 g/mol. The molecule has 6 rings (SSSR count). The van der Waals surface area contributed by atoms with Gasteiger partial charge in [-0.1, -0.05) is 12.1 Å². The zero-order chi connectivity index (χ0) is 40.2. The molecule has 2 aliphatic rings. The van der Waals surface area contributed by atoms with E-state index in [-0.39, 0.29) is 48.9 Å². The Morgan fingerprint density at radius 2 is 1.12 bits per heavy atom. The van der Waals surface area contributed by atoms with Crippen molar-refractivity contribution >= 4 is 35.2 Å². The van der Waals surface area contributed by atoms with Crippen molar-refractivity contribution in [2.45, 2.75) is 26.9 Å². The number of Topliss-reactive ketones (excluding diaryl/α,β-unsaturated/α-hetero) is 1. The zero-order valence-corrected chi connectivity index (χ0v) is 31.6. The monoisotopic (exact) mass is 773 g/mol. The molecule has 56 heavy (non-hydrogen) atoms. The van der Waals surface area contributed by atoms with E-state index in [1.165, 1.54) is 41.4 Å². The van der Waals surface area contributed by atoms with Crippen molar-refractivity contribution in [1.82, 2.24) is 19.8 Å². The van der Waals surface area contributed by atoms with E-state index < -0.39 is 17.6 Å². The highest BCUT2D eigenvalue weighted by atomic mass is 19.1. The van der Waals surface area contributed by atoms with Crippen molar-refractivity contribution in [3.8, 4) is 0 Å². The fraction of sp³-hybridized carbons (Fsp3) is 0.350. The molecule has 2 aromatic heterocycles. The number of ketones is 1. The Kier molecular flexibility index (Phi) is 14.5. The maximum atomic E-state index is 14.6. The van der Waals surface area contributed by atoms with E-state index in [1.807, 2.05) is 0 Å². The van der Waals surface area contributed by atoms with Gasteiger partial charge in [-0.2, -0.15) is 0 Å². The van der Waals surface area contributed by atoms with E-state index in [1.54, 1.807) is 72.2 Å². The van der Waals surface area contributed by atoms with Crippen LogP contribution in [0.1, 0.15) is 43.2 Å². The second-order valence-electron chi connectivity index (χ2n) is 13.0. The lowest BCUT2D eigenvalue weighted by Crippen LogP contribution is -2.48. The van der Waals surface area contributed by atoms with Crippen LogP contribution in [-0.2, 0) is 27.3 Å². The van der Waals surface area contributed by atoms with Crippen LogP contribution in [0.15, 0.2) is 73.1 Å². The van der Waals surface area contributed by atoms with E-state index in [2.05, 4.69) is 14.7 Å². The zero-order valence-electron chi connectivity index (χ0n) is 31.6. The number of carbonyl (C=O) groups is 4. The number of rotatable bonds is 9. The smallest absolute Gasteiger partial charge is 0.339 e. The summed E-state index contributed by atoms with van der Waals surface area (Å²) in [7, 11) is 1.29. The molecule has 2 aliphatic heterocycles. The predicted molar refractivity (Wildman–Crippen MR) is 203 cm³/mol. The van der Waals surface area contributed by atoms with Crippen molar-refractivity contribution < 1.29 is 42.2 Å². The molecule has 2 fully saturated rings. The van der Waals surface area contributed by atoms with Gasteiger partial charge in [0.25, 0.3) is 0 Å². The molecule has 4 heterocycles. The molecule has 0 atom stereocenters. The number of aryl methyl sites for hydroxylation is 2. The number of methoxy groups -OCH3 is 1. The number of nitrogens with zero attached hydrogens (tertiary/aromatic N) is 6. The molecule has 14 nitrogen and oxygen atoms in total. The van der Waals surface area contributed by atoms with Crippen LogP contribution in [0.2, 0.25) is 0 Å². The summed E-state index contributed by atoms with van der Waals surface area (Å²) in [5.74, 6) is -1.67. The Labute approximate surface area is 323 Å². The number of esters is 1. The van der Waals surface area contributed by atoms with Crippen LogP contribution >= 0.6 is 0 Å². The van der Waals surface area contributed by atoms with Gasteiger partial charge in [0.05, 0.1) is 81.5 Å². The number of carbonyl (C=O) groups excluding carboxylic acids is 4. The molecule has 16 heteroatoms. The van der Waals surface area contributed by atoms with Crippen LogP contribution in [0, 0.1) is 25.5 Å². The first-order valence-corrected chi connectivity index (χ1v) is 18.0. The molecule has 0 aliphatic carbocycles. The summed E-state index contributed by atoms with van der Waals surface area (Å²) >= 11 is 0. The van der Waals surface area contributed by atoms with Crippen molar-refractivity contribution in [1.29, 1.82) is 0 Å². The van der Waals surface area contributed by atoms with Gasteiger partial charge in [-0.05, 0) is 73.5 Å². The summed E-state index contributed by atoms with van der Waals surface area (Å²) < 4.78 is 44.5. The van der Waals surface area contributed by atoms with Crippen LogP contribution in [-0.4, -0.2) is 110 Å². The highest BCUT2D eigenvalue weighted by Gasteiger charge is 2.28. The molecule has 0 spiro atoms. The van der Waals surface area contributed by atoms with E-state index in [0.717, 1.165) is 11.1 Å². The normalized spacial score (nSPS) is 14.0. The maximum absolute atomic E-state index is 14.6. The molecule has 0 saturated carbocycles. The lowest BCUT2D eigenvalue weighted by molar-refractivity contribution is 0.0547. The largest absolute Gasteiger partial charge is 0.465 e. The Bertz CT molecular complexity index is 1850. The van der Waals surface area contributed by atoms with E-state index in [4.69, 9.17) is 15.2 Å². The minimum absolute atomic E-state index is 0.0671. The molecule has 2 N–H and O–H groups in total. The van der Waals surface area contributed by atoms with Crippen LogP contribution in [0.3, 0.4) is 0 Å². The standard InChI is InChI=1S/C20H23FN4O3.C20H22FN3O4/c1-14-2-5-18(17(21)10-14)25(20(27)24-6-8-28-9-7-24)13-16-4-3-15(12-23-16)19(26)11-22;1-14-3-6-18(17(21)11-14)24(20(26)23-7-9-28-10-8-23)13-16-5-4-15(12-22-16)19(25)27-2/h2-5,10,12H,6-9,11,13,22H2,1H3;3-6,11-12H,7-10,13H2,1-2H3. The van der Waals surface area contributed by atoms with E-state index >= 15 is 0 Å². The lowest BCUT2D eigenvalue weighted by atomic mass is 10.1. The number of benzene rings is 2. The SMILES string of the molecule is COC(=O)c1ccc(CN(C(=O)N2CCOCC2)c2ccc(C)cc2F)nc1.Cc1ccc(N(Cc2ccc(C(=O)CN)cn2)C(=O)N2CCOCC2)c(F)c1. The number of urea groups is 2. The highest BCUT2D eigenvalue weighted by Crippen LogP contribution is 2.26. The molecule has 0 unspecified atom stereocenters. The number of pyridine rings is 2. The number of hydrogen-bond donors (Lipinski definition) is 1. The fourth-order valence-electron chi connectivity index (χ4n) is 5.91. The fourth-order valence-corrected chi connectivity index (χ4v) is 5.91. The summed E-state index contributed by atoms with van der Waals surface area (Å²) in [4.78, 5) is 63.9. The van der Waals surface area contributed by atoms with Gasteiger partial charge in [-0.25, -0.2) is 23.2 Å². The van der Waals surface area contributed by atoms with Crippen molar-refractivity contribution in [3.63, 3.8) is 0 Å². The third-order valence-corrected chi connectivity index (χ3v) is 9.03. The van der Waals surface area contributed by atoms with Crippen LogP contribution in [0.5, 0.6) is 0 Å². The van der Waals surface area contributed by atoms with Gasteiger partial charge in [0.2, 0.25) is 0 Å². The minimum Gasteiger partial charge on any atom is -0.465 e. The van der Waals surface area contributed by atoms with Gasteiger partial charge < -0.3 is 29.7 Å². The number of hydrogen-bond acceptors (Lipinski definition) is 10. The third-order valence-electron chi connectivity index (χ3n) is 9.03. The lowest BCUT2D eigenvalue weighted by Gasteiger charge is -2.33. The second kappa shape index (κ2) is 19.7. The van der Waals surface area contributed by atoms with Crippen LogP contribution in [0.25, 0.3) is 0 Å². The third kappa shape index (κ3) is 10.7. The molecule has 2 aromatic carbocycles. The van der Waals surface area contributed by atoms with Gasteiger partial charge in [0.1, 0.15) is 11.6 Å². The number of halogens is 2. The predicted octanol–water partition coefficient (Wildman–Crippen LogP) is 4.90. The number of ether oxygens (including phenoxy) is 3. The molecule has 296 valence electrons. The Morgan fingerprint density at radius 3 is 1.48 bits per heavy atom. The summed E-state index contributed by atoms with van der Waals surface area (Å²) in [6, 6.07) is 15.3. The quantitative estimate of drug-likeness (QED) is 0.183. The van der Waals surface area contributed by atoms with Crippen LogP contribution in [0.4, 0.5) is 29.7 Å². The van der Waals surface area contributed by atoms with Gasteiger partial charge in [0, 0.05) is 44.1 Å². The average molecular weight is 774 g/mol. The first-order chi connectivity index (χ1) is 27.0. The average Bonchev–Trinajstić information content (AvgIpc) is 3.22. The highest BCUT2D eigenvalue weighted by molar-refractivity contribution is 5.97. The molecule has 4 aromatic rings. The van der Waals surface area contributed by atoms with Gasteiger partial charge in [0.15, 0.2) is 5.78 Å². The van der Waals surface area contributed by atoms with Gasteiger partial charge in [-0.15, -0.1) is 0 Å². The summed E-state index contributed by atoms with van der Waals surface area (Å²) in [5.41, 5.74) is 9.03. The second-order valence-corrected chi connectivity index (χ2v) is 13.0. The molecular formula is C40H45F2N7O7. The van der Waals surface area contributed by atoms with Gasteiger partial charge in [-0.3, -0.25) is 24.6 Å². The molecule has 0 radical (unpaired) electrons. The summed E-state index contributed by atoms with van der Waals surface area (Å²) in [5, 5.41) is 0. The molecule has 2 saturated heterocycles. The number of morpholine rings is 2. The van der Waals surface area contributed by atoms with Crippen molar-refractivity contribution in [3.05, 3.63) is 118 Å². The topological polar surface area (TPSA) is 161 Å². The minimum atomic E-state index is -0.495. The van der Waals surface area contributed by atoms with E-state index in [0.29, 0.717) is 75.1 Å². The summed E-state index contributed by atoms with van der Waals surface area (Å²) in [6.07, 6.45) is 2.80. The Morgan fingerprint density at radius 1 is 0.696 bits per heavy atom. The molecule has 0 bridgehead atoms. The first-order valence-electron chi connectivity index (χ1n) is 18.0. The first kappa shape index (κ1) is 41.3. The van der Waals surface area contributed by atoms with Crippen molar-refractivity contribution in [2.75, 3.05) is 76.1 Å². The van der Waals surface area contributed by atoms with E-state index in [9.17, 15) is 28.0 Å². The number of aromatic nitrogens is 2. The summed E-state index contributed by atoms with van der Waals surface area (Å²) in [6.45, 7) is 7.18. The van der Waals surface area contributed by atoms with Crippen LogP contribution < -0.4 is 15.5 Å².